The van der Waals surface area contributed by atoms with Crippen LogP contribution in [0.2, 0.25) is 0 Å². The zero-order valence-corrected chi connectivity index (χ0v) is 14.1. The van der Waals surface area contributed by atoms with Crippen molar-refractivity contribution in [3.8, 4) is 0 Å². The number of thioether (sulfide) groups is 3. The second kappa shape index (κ2) is 14.1. The van der Waals surface area contributed by atoms with Crippen LogP contribution in [0.1, 0.15) is 0 Å². The van der Waals surface area contributed by atoms with Gasteiger partial charge in [0.1, 0.15) is 0 Å². The Morgan fingerprint density at radius 1 is 0.824 bits per heavy atom. The molecule has 0 aromatic rings. The summed E-state index contributed by atoms with van der Waals surface area (Å²) < 4.78 is 0. The second-order valence-corrected chi connectivity index (χ2v) is 8.14. The van der Waals surface area contributed by atoms with Crippen molar-refractivity contribution in [3.63, 3.8) is 0 Å². The molecule has 0 aromatic heterocycles. The lowest BCUT2D eigenvalue weighted by atomic mass is 10.5. The van der Waals surface area contributed by atoms with Crippen LogP contribution in [0.25, 0.3) is 0 Å². The molecule has 0 aliphatic carbocycles. The summed E-state index contributed by atoms with van der Waals surface area (Å²) in [4.78, 5) is 0. The predicted octanol–water partition coefficient (Wildman–Crippen LogP) is 1.77. The first-order valence-electron chi connectivity index (χ1n) is 5.52. The Morgan fingerprint density at radius 3 is 1.53 bits per heavy atom. The molecular weight excluding hydrogens is 312 g/mol. The first-order valence-corrected chi connectivity index (χ1v) is 10.0. The summed E-state index contributed by atoms with van der Waals surface area (Å²) in [7, 11) is 0. The summed E-state index contributed by atoms with van der Waals surface area (Å²) in [6.45, 7) is 0.357. The van der Waals surface area contributed by atoms with Crippen LogP contribution in [0.5, 0.6) is 0 Å². The fraction of sp³-hybridized carbons (Fsp3) is 1.00. The Morgan fingerprint density at radius 2 is 1.24 bits per heavy atom. The minimum absolute atomic E-state index is 0.179. The number of hydrogen-bond acceptors (Lipinski definition) is 7. The maximum Gasteiger partial charge on any atom is 0.0558 e. The van der Waals surface area contributed by atoms with Gasteiger partial charge in [-0.05, 0) is 11.5 Å². The number of thiol groups is 2. The molecule has 2 unspecified atom stereocenters. The highest BCUT2D eigenvalue weighted by Crippen LogP contribution is 2.24. The van der Waals surface area contributed by atoms with Crippen LogP contribution in [0.4, 0.5) is 0 Å². The van der Waals surface area contributed by atoms with Crippen LogP contribution in [-0.4, -0.2) is 68.4 Å². The van der Waals surface area contributed by atoms with Crippen molar-refractivity contribution in [2.24, 2.45) is 0 Å². The molecule has 0 amide bonds. The Labute approximate surface area is 128 Å². The molecule has 7 heteroatoms. The van der Waals surface area contributed by atoms with E-state index in [4.69, 9.17) is 0 Å². The maximum atomic E-state index is 9.29. The topological polar surface area (TPSA) is 40.5 Å². The highest BCUT2D eigenvalue weighted by Gasteiger charge is 2.16. The fourth-order valence-electron chi connectivity index (χ4n) is 1.10. The SMILES string of the molecule is OCC(CSCCS)SC(CO)CSCCS. The number of aliphatic hydroxyl groups excluding tert-OH is 2. The summed E-state index contributed by atoms with van der Waals surface area (Å²) in [6.07, 6.45) is 0. The molecule has 0 bridgehead atoms. The molecule has 104 valence electrons. The third-order valence-electron chi connectivity index (χ3n) is 1.87. The van der Waals surface area contributed by atoms with Gasteiger partial charge in [-0.1, -0.05) is 0 Å². The molecule has 2 atom stereocenters. The second-order valence-electron chi connectivity index (χ2n) is 3.34. The largest absolute Gasteiger partial charge is 0.395 e. The van der Waals surface area contributed by atoms with E-state index in [1.54, 1.807) is 11.8 Å². The van der Waals surface area contributed by atoms with Gasteiger partial charge in [0, 0.05) is 33.5 Å². The summed E-state index contributed by atoms with van der Waals surface area (Å²) in [5, 5.41) is 19.0. The summed E-state index contributed by atoms with van der Waals surface area (Å²) in [5.41, 5.74) is 0. The minimum atomic E-state index is 0.179. The van der Waals surface area contributed by atoms with Gasteiger partial charge in [0.2, 0.25) is 0 Å². The zero-order chi connectivity index (χ0) is 12.9. The van der Waals surface area contributed by atoms with Crippen molar-refractivity contribution in [2.75, 3.05) is 47.7 Å². The van der Waals surface area contributed by atoms with Crippen LogP contribution in [0.15, 0.2) is 0 Å². The number of rotatable bonds is 12. The van der Waals surface area contributed by atoms with Crippen LogP contribution in [-0.2, 0) is 0 Å². The highest BCUT2D eigenvalue weighted by atomic mass is 32.2. The van der Waals surface area contributed by atoms with E-state index in [1.165, 1.54) is 0 Å². The van der Waals surface area contributed by atoms with E-state index >= 15 is 0 Å². The van der Waals surface area contributed by atoms with Crippen molar-refractivity contribution in [1.82, 2.24) is 0 Å². The average Bonchev–Trinajstić information content (AvgIpc) is 2.36. The molecule has 0 heterocycles. The molecule has 0 saturated carbocycles. The normalized spacial score (nSPS) is 14.8. The molecule has 2 nitrogen and oxygen atoms in total. The van der Waals surface area contributed by atoms with Gasteiger partial charge in [-0.15, -0.1) is 11.8 Å². The first-order chi connectivity index (χ1) is 8.28. The van der Waals surface area contributed by atoms with E-state index < -0.39 is 0 Å². The van der Waals surface area contributed by atoms with E-state index in [0.717, 1.165) is 34.5 Å². The number of aliphatic hydroxyl groups is 2. The van der Waals surface area contributed by atoms with E-state index in [0.29, 0.717) is 0 Å². The smallest absolute Gasteiger partial charge is 0.0558 e. The molecule has 0 aliphatic heterocycles. The maximum absolute atomic E-state index is 9.29. The van der Waals surface area contributed by atoms with Crippen molar-refractivity contribution in [3.05, 3.63) is 0 Å². The van der Waals surface area contributed by atoms with Crippen LogP contribution >= 0.6 is 60.5 Å². The number of hydrogen-bond donors (Lipinski definition) is 4. The van der Waals surface area contributed by atoms with Crippen molar-refractivity contribution in [2.45, 2.75) is 10.5 Å². The third-order valence-corrected chi connectivity index (χ3v) is 7.01. The Balaban J connectivity index is 3.77. The molecule has 0 radical (unpaired) electrons. The highest BCUT2D eigenvalue weighted by molar-refractivity contribution is 8.05. The Kier molecular flexibility index (Phi) is 15.5. The monoisotopic (exact) mass is 334 g/mol. The molecule has 0 aromatic carbocycles. The van der Waals surface area contributed by atoms with Crippen molar-refractivity contribution >= 4 is 60.5 Å². The van der Waals surface area contributed by atoms with Gasteiger partial charge in [-0.2, -0.15) is 48.8 Å². The fourth-order valence-corrected chi connectivity index (χ4v) is 5.13. The Hall–Kier alpha value is 1.67. The molecule has 2 N–H and O–H groups in total. The molecule has 0 fully saturated rings. The summed E-state index contributed by atoms with van der Waals surface area (Å²) >= 11 is 13.6. The molecule has 0 saturated heterocycles. The first kappa shape index (κ1) is 18.7. The van der Waals surface area contributed by atoms with Gasteiger partial charge < -0.3 is 10.2 Å². The van der Waals surface area contributed by atoms with E-state index in [2.05, 4.69) is 25.3 Å². The van der Waals surface area contributed by atoms with E-state index in [1.807, 2.05) is 23.5 Å². The van der Waals surface area contributed by atoms with E-state index in [9.17, 15) is 10.2 Å². The average molecular weight is 335 g/mol. The van der Waals surface area contributed by atoms with Crippen LogP contribution in [0, 0.1) is 0 Å². The third kappa shape index (κ3) is 11.2. The zero-order valence-electron chi connectivity index (χ0n) is 9.83. The quantitative estimate of drug-likeness (QED) is 0.323. The van der Waals surface area contributed by atoms with E-state index in [-0.39, 0.29) is 23.7 Å². The van der Waals surface area contributed by atoms with Gasteiger partial charge in [0.05, 0.1) is 13.2 Å². The van der Waals surface area contributed by atoms with Crippen molar-refractivity contribution < 1.29 is 10.2 Å². The predicted molar refractivity (Wildman–Crippen MR) is 91.7 cm³/mol. The molecular formula is C10H22O2S5. The van der Waals surface area contributed by atoms with Gasteiger partial charge >= 0.3 is 0 Å². The Bertz CT molecular complexity index is 146. The molecule has 0 spiro atoms. The minimum Gasteiger partial charge on any atom is -0.395 e. The lowest BCUT2D eigenvalue weighted by Crippen LogP contribution is -2.22. The molecule has 0 rings (SSSR count). The van der Waals surface area contributed by atoms with Gasteiger partial charge in [0.15, 0.2) is 0 Å². The van der Waals surface area contributed by atoms with Gasteiger partial charge in [-0.25, -0.2) is 0 Å². The lowest BCUT2D eigenvalue weighted by Gasteiger charge is -2.20. The van der Waals surface area contributed by atoms with Gasteiger partial charge in [0.25, 0.3) is 0 Å². The lowest BCUT2D eigenvalue weighted by molar-refractivity contribution is 0.293. The van der Waals surface area contributed by atoms with Crippen LogP contribution < -0.4 is 0 Å². The molecule has 0 aliphatic rings. The molecule has 17 heavy (non-hydrogen) atoms. The standard InChI is InChI=1S/C10H22O2S5/c11-5-9(7-15-3-1-13)17-10(6-12)8-16-4-2-14/h9-14H,1-8H2. The van der Waals surface area contributed by atoms with Crippen molar-refractivity contribution in [1.29, 1.82) is 0 Å². The van der Waals surface area contributed by atoms with Gasteiger partial charge in [-0.3, -0.25) is 0 Å². The van der Waals surface area contributed by atoms with Crippen LogP contribution in [0.3, 0.4) is 0 Å². The summed E-state index contributed by atoms with van der Waals surface area (Å²) in [6, 6.07) is 0. The summed E-state index contributed by atoms with van der Waals surface area (Å²) in [5.74, 6) is 5.62.